The average Bonchev–Trinajstić information content (AvgIpc) is 2.43. The van der Waals surface area contributed by atoms with Crippen molar-refractivity contribution in [3.63, 3.8) is 0 Å². The van der Waals surface area contributed by atoms with E-state index < -0.39 is 22.5 Å². The monoisotopic (exact) mass is 296 g/mol. The van der Waals surface area contributed by atoms with Gasteiger partial charge in [0.25, 0.3) is 5.91 Å². The Morgan fingerprint density at radius 1 is 1.15 bits per heavy atom. The second-order valence-electron chi connectivity index (χ2n) is 4.47. The first-order valence-electron chi connectivity index (χ1n) is 5.84. The van der Waals surface area contributed by atoms with Crippen LogP contribution in [0.2, 0.25) is 0 Å². The molecule has 0 aliphatic carbocycles. The Balaban J connectivity index is 2.37. The van der Waals surface area contributed by atoms with Gasteiger partial charge < -0.3 is 5.11 Å². The van der Waals surface area contributed by atoms with Gasteiger partial charge in [0.15, 0.2) is 0 Å². The normalized spacial score (nSPS) is 10.7. The van der Waals surface area contributed by atoms with E-state index in [2.05, 4.69) is 10.9 Å². The summed E-state index contributed by atoms with van der Waals surface area (Å²) in [4.78, 5) is 34.0. The molecule has 0 atom stereocenters. The van der Waals surface area contributed by atoms with Gasteiger partial charge in [-0.15, -0.1) is 11.8 Å². The number of carbonyl (C=O) groups excluding carboxylic acids is 2. The molecule has 108 valence electrons. The van der Waals surface area contributed by atoms with Gasteiger partial charge in [0.05, 0.1) is 5.75 Å². The Kier molecular flexibility index (Phi) is 5.57. The highest BCUT2D eigenvalue weighted by molar-refractivity contribution is 8.01. The van der Waals surface area contributed by atoms with Crippen molar-refractivity contribution in [3.8, 4) is 0 Å². The summed E-state index contributed by atoms with van der Waals surface area (Å²) in [5.74, 6) is -1.95. The van der Waals surface area contributed by atoms with E-state index in [1.54, 1.807) is 30.3 Å². The number of amides is 2. The average molecular weight is 296 g/mol. The number of benzene rings is 1. The van der Waals surface area contributed by atoms with E-state index in [0.717, 1.165) is 11.8 Å². The number of hydrogen-bond acceptors (Lipinski definition) is 4. The Labute approximate surface area is 120 Å². The smallest absolute Gasteiger partial charge is 0.319 e. The summed E-state index contributed by atoms with van der Waals surface area (Å²) in [6.07, 6.45) is 0. The van der Waals surface area contributed by atoms with Crippen LogP contribution in [0.25, 0.3) is 0 Å². The largest absolute Gasteiger partial charge is 0.480 e. The number of thioether (sulfide) groups is 1. The summed E-state index contributed by atoms with van der Waals surface area (Å²) in [5.41, 5.74) is 4.93. The molecule has 7 heteroatoms. The van der Waals surface area contributed by atoms with E-state index in [-0.39, 0.29) is 5.75 Å². The van der Waals surface area contributed by atoms with Gasteiger partial charge in [-0.2, -0.15) is 0 Å². The molecule has 20 heavy (non-hydrogen) atoms. The van der Waals surface area contributed by atoms with Crippen molar-refractivity contribution in [1.29, 1.82) is 0 Å². The lowest BCUT2D eigenvalue weighted by atomic mass is 10.2. The molecule has 1 rings (SSSR count). The van der Waals surface area contributed by atoms with Crippen LogP contribution in [-0.2, 0) is 9.59 Å². The molecule has 1 aromatic carbocycles. The van der Waals surface area contributed by atoms with Gasteiger partial charge in [-0.05, 0) is 26.0 Å². The third-order valence-electron chi connectivity index (χ3n) is 2.43. The van der Waals surface area contributed by atoms with Gasteiger partial charge >= 0.3 is 5.97 Å². The molecule has 0 spiro atoms. The van der Waals surface area contributed by atoms with Crippen molar-refractivity contribution in [2.24, 2.45) is 0 Å². The van der Waals surface area contributed by atoms with E-state index >= 15 is 0 Å². The second kappa shape index (κ2) is 6.95. The van der Waals surface area contributed by atoms with Crippen molar-refractivity contribution in [2.45, 2.75) is 18.6 Å². The Bertz CT molecular complexity index is 502. The minimum atomic E-state index is -1.05. The molecule has 0 saturated carbocycles. The fourth-order valence-electron chi connectivity index (χ4n) is 1.13. The summed E-state index contributed by atoms with van der Waals surface area (Å²) in [6.45, 7) is 3.02. The topological polar surface area (TPSA) is 95.5 Å². The van der Waals surface area contributed by atoms with Crippen LogP contribution in [-0.4, -0.2) is 33.4 Å². The maximum absolute atomic E-state index is 11.6. The lowest BCUT2D eigenvalue weighted by Gasteiger charge is -2.17. The predicted octanol–water partition coefficient (Wildman–Crippen LogP) is 1.04. The van der Waals surface area contributed by atoms with E-state index in [0.29, 0.717) is 5.56 Å². The molecule has 0 heterocycles. The van der Waals surface area contributed by atoms with Crippen LogP contribution in [0.1, 0.15) is 24.2 Å². The zero-order valence-electron chi connectivity index (χ0n) is 11.2. The van der Waals surface area contributed by atoms with Gasteiger partial charge in [0.2, 0.25) is 5.91 Å². The zero-order chi connectivity index (χ0) is 15.2. The van der Waals surface area contributed by atoms with Gasteiger partial charge in [-0.25, -0.2) is 0 Å². The molecule has 0 aliphatic rings. The standard InChI is InChI=1S/C13H16N2O4S/c1-13(2,12(18)19)20-8-10(16)14-15-11(17)9-6-4-3-5-7-9/h3-7H,8H2,1-2H3,(H,14,16)(H,15,17)(H,18,19). The Morgan fingerprint density at radius 3 is 2.30 bits per heavy atom. The first-order chi connectivity index (χ1) is 9.33. The van der Waals surface area contributed by atoms with Gasteiger partial charge in [-0.1, -0.05) is 18.2 Å². The molecule has 0 bridgehead atoms. The molecule has 0 radical (unpaired) electrons. The summed E-state index contributed by atoms with van der Waals surface area (Å²) in [7, 11) is 0. The maximum Gasteiger partial charge on any atom is 0.319 e. The van der Waals surface area contributed by atoms with Crippen molar-refractivity contribution in [3.05, 3.63) is 35.9 Å². The molecule has 0 fully saturated rings. The van der Waals surface area contributed by atoms with Crippen molar-refractivity contribution >= 4 is 29.5 Å². The third kappa shape index (κ3) is 4.93. The first-order valence-corrected chi connectivity index (χ1v) is 6.83. The van der Waals surface area contributed by atoms with Gasteiger partial charge in [0.1, 0.15) is 4.75 Å². The Morgan fingerprint density at radius 2 is 1.75 bits per heavy atom. The molecular formula is C13H16N2O4S. The van der Waals surface area contributed by atoms with Crippen LogP contribution in [0.3, 0.4) is 0 Å². The molecule has 1 aromatic rings. The number of aliphatic carboxylic acids is 1. The zero-order valence-corrected chi connectivity index (χ0v) is 12.0. The molecule has 0 aliphatic heterocycles. The molecule has 2 amide bonds. The van der Waals surface area contributed by atoms with Crippen molar-refractivity contribution in [1.82, 2.24) is 10.9 Å². The molecule has 3 N–H and O–H groups in total. The lowest BCUT2D eigenvalue weighted by Crippen LogP contribution is -2.43. The number of hydrogen-bond donors (Lipinski definition) is 3. The summed E-state index contributed by atoms with van der Waals surface area (Å²) >= 11 is 0.980. The molecular weight excluding hydrogens is 280 g/mol. The van der Waals surface area contributed by atoms with E-state index in [4.69, 9.17) is 5.11 Å². The Hall–Kier alpha value is -2.02. The van der Waals surface area contributed by atoms with Crippen molar-refractivity contribution < 1.29 is 19.5 Å². The third-order valence-corrected chi connectivity index (χ3v) is 3.73. The van der Waals surface area contributed by atoms with Crippen LogP contribution in [0.4, 0.5) is 0 Å². The van der Waals surface area contributed by atoms with Crippen LogP contribution in [0.5, 0.6) is 0 Å². The first kappa shape index (κ1) is 16.0. The highest BCUT2D eigenvalue weighted by Crippen LogP contribution is 2.23. The minimum Gasteiger partial charge on any atom is -0.480 e. The summed E-state index contributed by atoms with van der Waals surface area (Å²) in [6, 6.07) is 8.43. The number of hydrazine groups is 1. The maximum atomic E-state index is 11.6. The van der Waals surface area contributed by atoms with Crippen LogP contribution >= 0.6 is 11.8 Å². The fraction of sp³-hybridized carbons (Fsp3) is 0.308. The number of carboxylic acids is 1. The lowest BCUT2D eigenvalue weighted by molar-refractivity contribution is -0.138. The second-order valence-corrected chi connectivity index (χ2v) is 6.07. The summed E-state index contributed by atoms with van der Waals surface area (Å²) in [5, 5.41) is 8.90. The molecule has 6 nitrogen and oxygen atoms in total. The van der Waals surface area contributed by atoms with Crippen LogP contribution in [0, 0.1) is 0 Å². The van der Waals surface area contributed by atoms with E-state index in [1.807, 2.05) is 0 Å². The van der Waals surface area contributed by atoms with Crippen LogP contribution < -0.4 is 10.9 Å². The van der Waals surface area contributed by atoms with Crippen LogP contribution in [0.15, 0.2) is 30.3 Å². The van der Waals surface area contributed by atoms with Gasteiger partial charge in [-0.3, -0.25) is 25.2 Å². The fourth-order valence-corrected chi connectivity index (χ4v) is 1.82. The SMILES string of the molecule is CC(C)(SCC(=O)NNC(=O)c1ccccc1)C(=O)O. The van der Waals surface area contributed by atoms with E-state index in [9.17, 15) is 14.4 Å². The number of carboxylic acid groups (broad SMARTS) is 1. The van der Waals surface area contributed by atoms with E-state index in [1.165, 1.54) is 13.8 Å². The summed E-state index contributed by atoms with van der Waals surface area (Å²) < 4.78 is -1.05. The number of nitrogens with one attached hydrogen (secondary N) is 2. The quantitative estimate of drug-likeness (QED) is 0.706. The number of carbonyl (C=O) groups is 3. The number of rotatable bonds is 5. The van der Waals surface area contributed by atoms with Gasteiger partial charge in [0, 0.05) is 5.56 Å². The minimum absolute atomic E-state index is 0.0611. The highest BCUT2D eigenvalue weighted by atomic mass is 32.2. The highest BCUT2D eigenvalue weighted by Gasteiger charge is 2.28. The molecule has 0 unspecified atom stereocenters. The van der Waals surface area contributed by atoms with Crippen molar-refractivity contribution in [2.75, 3.05) is 5.75 Å². The molecule has 0 saturated heterocycles. The predicted molar refractivity (Wildman–Crippen MR) is 76.2 cm³/mol. The molecule has 0 aromatic heterocycles.